The van der Waals surface area contributed by atoms with Crippen LogP contribution in [0.3, 0.4) is 0 Å². The van der Waals surface area contributed by atoms with Crippen molar-refractivity contribution in [2.45, 2.75) is 32.7 Å². The Morgan fingerprint density at radius 3 is 2.66 bits per heavy atom. The van der Waals surface area contributed by atoms with E-state index in [1.165, 1.54) is 16.2 Å². The van der Waals surface area contributed by atoms with Gasteiger partial charge in [-0.1, -0.05) is 55.3 Å². The molecule has 1 amide bonds. The Kier molecular flexibility index (Phi) is 6.37. The van der Waals surface area contributed by atoms with Gasteiger partial charge in [0, 0.05) is 17.1 Å². The lowest BCUT2D eigenvalue weighted by Gasteiger charge is -2.23. The van der Waals surface area contributed by atoms with Gasteiger partial charge in [-0.25, -0.2) is 4.98 Å². The maximum atomic E-state index is 13.1. The molecule has 0 saturated carbocycles. The Morgan fingerprint density at radius 2 is 1.97 bits per heavy atom. The summed E-state index contributed by atoms with van der Waals surface area (Å²) < 4.78 is 5.84. The normalized spacial score (nSPS) is 17.7. The third kappa shape index (κ3) is 4.16. The number of amides is 1. The third-order valence-corrected chi connectivity index (χ3v) is 6.11. The molecule has 7 heteroatoms. The minimum absolute atomic E-state index is 0.0414. The Hall–Kier alpha value is -3.45. The van der Waals surface area contributed by atoms with Crippen LogP contribution in [-0.2, 0) is 9.59 Å². The Labute approximate surface area is 190 Å². The van der Waals surface area contributed by atoms with Gasteiger partial charge in [0.2, 0.25) is 0 Å². The summed E-state index contributed by atoms with van der Waals surface area (Å²) in [4.78, 5) is 31.8. The fourth-order valence-electron chi connectivity index (χ4n) is 3.66. The quantitative estimate of drug-likeness (QED) is 0.231. The van der Waals surface area contributed by atoms with E-state index in [1.54, 1.807) is 23.7 Å². The van der Waals surface area contributed by atoms with Crippen LogP contribution in [0.1, 0.15) is 42.5 Å². The van der Waals surface area contributed by atoms with Crippen molar-refractivity contribution >= 4 is 33.9 Å². The van der Waals surface area contributed by atoms with Crippen molar-refractivity contribution in [3.05, 3.63) is 82.4 Å². The third-order valence-electron chi connectivity index (χ3n) is 5.34. The first-order valence-electron chi connectivity index (χ1n) is 10.5. The van der Waals surface area contributed by atoms with Crippen molar-refractivity contribution in [2.75, 3.05) is 11.5 Å². The van der Waals surface area contributed by atoms with Crippen LogP contribution in [0.25, 0.3) is 5.76 Å². The van der Waals surface area contributed by atoms with Crippen molar-refractivity contribution in [1.29, 1.82) is 0 Å². The molecule has 1 aliphatic heterocycles. The van der Waals surface area contributed by atoms with E-state index >= 15 is 0 Å². The standard InChI is InChI=1S/C25H24N2O4S/c1-3-4-13-31-19-7-5-6-18(15-19)21-20(22(28)17-10-8-16(2)9-11-17)23(29)24(30)27(21)25-26-12-14-32-25/h5-12,14-15,21,28H,3-4,13H2,1-2H3. The number of aryl methyl sites for hydroxylation is 1. The topological polar surface area (TPSA) is 79.7 Å². The van der Waals surface area contributed by atoms with Crippen LogP contribution in [0.4, 0.5) is 5.13 Å². The van der Waals surface area contributed by atoms with E-state index in [9.17, 15) is 14.7 Å². The van der Waals surface area contributed by atoms with Gasteiger partial charge in [-0.2, -0.15) is 0 Å². The highest BCUT2D eigenvalue weighted by Gasteiger charge is 2.48. The molecule has 164 valence electrons. The molecule has 2 aromatic carbocycles. The number of aromatic nitrogens is 1. The van der Waals surface area contributed by atoms with E-state index in [4.69, 9.17) is 4.74 Å². The van der Waals surface area contributed by atoms with Gasteiger partial charge >= 0.3 is 5.91 Å². The van der Waals surface area contributed by atoms with E-state index < -0.39 is 17.7 Å². The number of carbonyl (C=O) groups excluding carboxylic acids is 2. The van der Waals surface area contributed by atoms with E-state index in [1.807, 2.05) is 43.3 Å². The van der Waals surface area contributed by atoms with Crippen LogP contribution in [0.15, 0.2) is 65.7 Å². The lowest BCUT2D eigenvalue weighted by Crippen LogP contribution is -2.29. The fraction of sp³-hybridized carbons (Fsp3) is 0.240. The molecular weight excluding hydrogens is 424 g/mol. The van der Waals surface area contributed by atoms with Gasteiger partial charge in [0.25, 0.3) is 5.78 Å². The van der Waals surface area contributed by atoms with Gasteiger partial charge in [-0.05, 0) is 31.0 Å². The number of carbonyl (C=O) groups is 2. The molecule has 1 unspecified atom stereocenters. The zero-order chi connectivity index (χ0) is 22.7. The smallest absolute Gasteiger partial charge is 0.301 e. The fourth-order valence-corrected chi connectivity index (χ4v) is 4.32. The van der Waals surface area contributed by atoms with E-state index in [-0.39, 0.29) is 11.3 Å². The summed E-state index contributed by atoms with van der Waals surface area (Å²) in [5, 5.41) is 13.3. The number of unbranched alkanes of at least 4 members (excludes halogenated alkanes) is 1. The van der Waals surface area contributed by atoms with Gasteiger partial charge in [-0.3, -0.25) is 14.5 Å². The number of nitrogens with zero attached hydrogens (tertiary/aromatic N) is 2. The molecule has 0 radical (unpaired) electrons. The number of aliphatic hydroxyl groups is 1. The lowest BCUT2D eigenvalue weighted by molar-refractivity contribution is -0.132. The molecule has 2 heterocycles. The molecule has 1 fully saturated rings. The molecule has 1 saturated heterocycles. The van der Waals surface area contributed by atoms with Gasteiger partial charge in [-0.15, -0.1) is 11.3 Å². The summed E-state index contributed by atoms with van der Waals surface area (Å²) in [6.07, 6.45) is 3.52. The summed E-state index contributed by atoms with van der Waals surface area (Å²) in [6.45, 7) is 4.61. The van der Waals surface area contributed by atoms with E-state index in [2.05, 4.69) is 11.9 Å². The van der Waals surface area contributed by atoms with Crippen LogP contribution >= 0.6 is 11.3 Å². The Balaban J connectivity index is 1.84. The molecule has 1 aliphatic rings. The largest absolute Gasteiger partial charge is 0.507 e. The molecule has 0 aliphatic carbocycles. The second-order valence-electron chi connectivity index (χ2n) is 7.62. The minimum Gasteiger partial charge on any atom is -0.507 e. The first-order chi connectivity index (χ1) is 15.5. The molecule has 1 aromatic heterocycles. The summed E-state index contributed by atoms with van der Waals surface area (Å²) in [5.41, 5.74) is 2.22. The number of anilines is 1. The second-order valence-corrected chi connectivity index (χ2v) is 8.50. The molecule has 4 rings (SSSR count). The number of rotatable bonds is 7. The highest BCUT2D eigenvalue weighted by atomic mass is 32.1. The average Bonchev–Trinajstić information content (AvgIpc) is 3.41. The van der Waals surface area contributed by atoms with Crippen LogP contribution in [0.5, 0.6) is 5.75 Å². The molecule has 1 atom stereocenters. The maximum absolute atomic E-state index is 13.1. The predicted molar refractivity (Wildman–Crippen MR) is 125 cm³/mol. The van der Waals surface area contributed by atoms with E-state index in [0.717, 1.165) is 18.4 Å². The first-order valence-corrected chi connectivity index (χ1v) is 11.4. The van der Waals surface area contributed by atoms with Gasteiger partial charge < -0.3 is 9.84 Å². The molecule has 0 bridgehead atoms. The highest BCUT2D eigenvalue weighted by Crippen LogP contribution is 2.43. The monoisotopic (exact) mass is 448 g/mol. The predicted octanol–water partition coefficient (Wildman–Crippen LogP) is 5.26. The summed E-state index contributed by atoms with van der Waals surface area (Å²) >= 11 is 1.26. The average molecular weight is 449 g/mol. The molecule has 6 nitrogen and oxygen atoms in total. The van der Waals surface area contributed by atoms with Crippen LogP contribution in [-0.4, -0.2) is 28.4 Å². The molecule has 32 heavy (non-hydrogen) atoms. The number of Topliss-reactive ketones (excluding diaryl/α,β-unsaturated/α-hetero) is 1. The van der Waals surface area contributed by atoms with Crippen molar-refractivity contribution in [2.24, 2.45) is 0 Å². The van der Waals surface area contributed by atoms with Crippen molar-refractivity contribution < 1.29 is 19.4 Å². The maximum Gasteiger partial charge on any atom is 0.301 e. The van der Waals surface area contributed by atoms with Gasteiger partial charge in [0.15, 0.2) is 5.13 Å². The number of benzene rings is 2. The van der Waals surface area contributed by atoms with Crippen molar-refractivity contribution in [3.63, 3.8) is 0 Å². The molecule has 0 spiro atoms. The molecule has 3 aromatic rings. The highest BCUT2D eigenvalue weighted by molar-refractivity contribution is 7.14. The number of aliphatic hydroxyl groups excluding tert-OH is 1. The van der Waals surface area contributed by atoms with E-state index in [0.29, 0.717) is 28.6 Å². The number of hydrogen-bond donors (Lipinski definition) is 1. The van der Waals surface area contributed by atoms with Crippen molar-refractivity contribution in [1.82, 2.24) is 4.98 Å². The molecule has 1 N–H and O–H groups in total. The SMILES string of the molecule is CCCCOc1cccc(C2C(=C(O)c3ccc(C)cc3)C(=O)C(=O)N2c2nccs2)c1. The van der Waals surface area contributed by atoms with Crippen molar-refractivity contribution in [3.8, 4) is 5.75 Å². The van der Waals surface area contributed by atoms with Gasteiger partial charge in [0.05, 0.1) is 18.2 Å². The summed E-state index contributed by atoms with van der Waals surface area (Å²) in [7, 11) is 0. The molecular formula is C25H24N2O4S. The minimum atomic E-state index is -0.808. The van der Waals surface area contributed by atoms with Crippen LogP contribution in [0.2, 0.25) is 0 Å². The number of hydrogen-bond acceptors (Lipinski definition) is 6. The Morgan fingerprint density at radius 1 is 1.19 bits per heavy atom. The zero-order valence-corrected chi connectivity index (χ0v) is 18.8. The lowest BCUT2D eigenvalue weighted by atomic mass is 9.95. The number of ether oxygens (including phenoxy) is 1. The number of thiazole rings is 1. The number of ketones is 1. The summed E-state index contributed by atoms with van der Waals surface area (Å²) in [5.74, 6) is -1.00. The second kappa shape index (κ2) is 9.36. The van der Waals surface area contributed by atoms with Crippen LogP contribution < -0.4 is 9.64 Å². The van der Waals surface area contributed by atoms with Crippen LogP contribution in [0, 0.1) is 6.92 Å². The van der Waals surface area contributed by atoms with Gasteiger partial charge in [0.1, 0.15) is 11.5 Å². The first kappa shape index (κ1) is 21.8. The zero-order valence-electron chi connectivity index (χ0n) is 17.9. The summed E-state index contributed by atoms with van der Waals surface area (Å²) in [6, 6.07) is 13.7. The Bertz CT molecular complexity index is 1150.